The van der Waals surface area contributed by atoms with Crippen molar-refractivity contribution in [2.24, 2.45) is 28.1 Å². The fourth-order valence-electron chi connectivity index (χ4n) is 3.53. The van der Waals surface area contributed by atoms with E-state index in [9.17, 15) is 29.4 Å². The summed E-state index contributed by atoms with van der Waals surface area (Å²) in [6.07, 6.45) is -0.177. The monoisotopic (exact) mass is 535 g/mol. The van der Waals surface area contributed by atoms with Crippen molar-refractivity contribution in [3.63, 3.8) is 0 Å². The van der Waals surface area contributed by atoms with Crippen LogP contribution >= 0.6 is 0 Å². The Balaban J connectivity index is 3.10. The number of guanidine groups is 1. The van der Waals surface area contributed by atoms with Crippen LogP contribution in [0.25, 0.3) is 0 Å². The van der Waals surface area contributed by atoms with Gasteiger partial charge in [-0.3, -0.25) is 19.4 Å². The zero-order valence-corrected chi connectivity index (χ0v) is 22.1. The summed E-state index contributed by atoms with van der Waals surface area (Å²) in [5.41, 5.74) is 17.1. The molecule has 1 rings (SSSR count). The first-order valence-corrected chi connectivity index (χ1v) is 12.5. The summed E-state index contributed by atoms with van der Waals surface area (Å²) in [5, 5.41) is 27.0. The first-order chi connectivity index (χ1) is 17.9. The number of nitrogens with one attached hydrogen (secondary N) is 3. The number of aliphatic hydroxyl groups excluding tert-OH is 1. The molecule has 0 aromatic heterocycles. The van der Waals surface area contributed by atoms with Gasteiger partial charge in [0.1, 0.15) is 24.2 Å². The van der Waals surface area contributed by atoms with Crippen LogP contribution in [0.5, 0.6) is 0 Å². The fraction of sp³-hybridized carbons (Fsp3) is 0.560. The molecule has 0 heterocycles. The first-order valence-electron chi connectivity index (χ1n) is 12.5. The number of aliphatic carboxylic acids is 1. The van der Waals surface area contributed by atoms with Crippen LogP contribution in [-0.2, 0) is 25.6 Å². The van der Waals surface area contributed by atoms with Gasteiger partial charge in [0.25, 0.3) is 0 Å². The van der Waals surface area contributed by atoms with Gasteiger partial charge in [-0.1, -0.05) is 50.6 Å². The minimum absolute atomic E-state index is 0.0410. The number of carbonyl (C=O) groups excluding carboxylic acids is 3. The van der Waals surface area contributed by atoms with E-state index in [0.29, 0.717) is 18.4 Å². The molecule has 0 saturated heterocycles. The summed E-state index contributed by atoms with van der Waals surface area (Å²) in [5.74, 6) is -3.77. The molecule has 0 aliphatic rings. The zero-order chi connectivity index (χ0) is 28.8. The second-order valence-electron chi connectivity index (χ2n) is 9.24. The minimum Gasteiger partial charge on any atom is -0.480 e. The largest absolute Gasteiger partial charge is 0.480 e. The zero-order valence-electron chi connectivity index (χ0n) is 22.1. The Morgan fingerprint density at radius 3 is 2.08 bits per heavy atom. The fourth-order valence-corrected chi connectivity index (χ4v) is 3.53. The van der Waals surface area contributed by atoms with E-state index in [1.807, 2.05) is 6.92 Å². The second-order valence-corrected chi connectivity index (χ2v) is 9.24. The number of benzene rings is 1. The van der Waals surface area contributed by atoms with Gasteiger partial charge < -0.3 is 43.4 Å². The third kappa shape index (κ3) is 11.1. The Bertz CT molecular complexity index is 953. The topological polar surface area (TPSA) is 235 Å². The lowest BCUT2D eigenvalue weighted by Crippen LogP contribution is -2.59. The van der Waals surface area contributed by atoms with Gasteiger partial charge in [-0.2, -0.15) is 0 Å². The van der Waals surface area contributed by atoms with Crippen LogP contribution in [0.2, 0.25) is 0 Å². The number of aliphatic imine (C=N–C) groups is 1. The molecular formula is C25H41N7O6. The lowest BCUT2D eigenvalue weighted by molar-refractivity contribution is -0.142. The van der Waals surface area contributed by atoms with E-state index in [4.69, 9.17) is 17.2 Å². The van der Waals surface area contributed by atoms with Crippen LogP contribution in [0.3, 0.4) is 0 Å². The van der Waals surface area contributed by atoms with Crippen LogP contribution in [0.1, 0.15) is 45.6 Å². The predicted molar refractivity (Wildman–Crippen MR) is 143 cm³/mol. The molecule has 13 heteroatoms. The van der Waals surface area contributed by atoms with Gasteiger partial charge in [0.2, 0.25) is 17.7 Å². The number of carboxylic acids is 1. The standard InChI is InChI=1S/C25H41N7O6/c1-4-14(2)20(32-22(35)19(26)15(3)33)23(36)30-17(11-8-12-29-25(27)28)21(34)31-18(24(37)38)13-16-9-6-5-7-10-16/h5-7,9-10,14-15,17-20,33H,4,8,11-13,26H2,1-3H3,(H,30,36)(H,31,34)(H,32,35)(H,37,38)(H4,27,28,29). The normalized spacial score (nSPS) is 15.6. The molecule has 6 unspecified atom stereocenters. The molecule has 0 spiro atoms. The maximum Gasteiger partial charge on any atom is 0.326 e. The number of amides is 3. The van der Waals surface area contributed by atoms with Crippen LogP contribution in [0.15, 0.2) is 35.3 Å². The van der Waals surface area contributed by atoms with Crippen molar-refractivity contribution in [2.75, 3.05) is 6.54 Å². The summed E-state index contributed by atoms with van der Waals surface area (Å²) in [6.45, 7) is 5.11. The number of nitrogens with two attached hydrogens (primary N) is 3. The summed E-state index contributed by atoms with van der Waals surface area (Å²) < 4.78 is 0. The molecule has 3 amide bonds. The quantitative estimate of drug-likeness (QED) is 0.0703. The Morgan fingerprint density at radius 2 is 1.55 bits per heavy atom. The maximum absolute atomic E-state index is 13.2. The van der Waals surface area contributed by atoms with E-state index in [0.717, 1.165) is 0 Å². The summed E-state index contributed by atoms with van der Waals surface area (Å²) in [7, 11) is 0. The highest BCUT2D eigenvalue weighted by Crippen LogP contribution is 2.11. The molecule has 13 nitrogen and oxygen atoms in total. The van der Waals surface area contributed by atoms with E-state index >= 15 is 0 Å². The Hall–Kier alpha value is -3.71. The molecule has 0 aliphatic heterocycles. The number of aliphatic hydroxyl groups is 1. The molecular weight excluding hydrogens is 494 g/mol. The van der Waals surface area contributed by atoms with E-state index in [2.05, 4.69) is 20.9 Å². The van der Waals surface area contributed by atoms with Gasteiger partial charge >= 0.3 is 5.97 Å². The Kier molecular flexibility index (Phi) is 13.8. The van der Waals surface area contributed by atoms with Crippen LogP contribution in [0, 0.1) is 5.92 Å². The first kappa shape index (κ1) is 32.3. The van der Waals surface area contributed by atoms with Crippen LogP contribution < -0.4 is 33.2 Å². The highest BCUT2D eigenvalue weighted by molar-refractivity contribution is 5.94. The van der Waals surface area contributed by atoms with Gasteiger partial charge in [0.05, 0.1) is 6.10 Å². The molecule has 0 fully saturated rings. The lowest BCUT2D eigenvalue weighted by Gasteiger charge is -2.28. The average Bonchev–Trinajstić information content (AvgIpc) is 2.87. The van der Waals surface area contributed by atoms with E-state index in [1.54, 1.807) is 37.3 Å². The number of nitrogens with zero attached hydrogens (tertiary/aromatic N) is 1. The van der Waals surface area contributed by atoms with E-state index in [1.165, 1.54) is 6.92 Å². The smallest absolute Gasteiger partial charge is 0.326 e. The van der Waals surface area contributed by atoms with Gasteiger partial charge in [0, 0.05) is 13.0 Å². The molecule has 6 atom stereocenters. The van der Waals surface area contributed by atoms with Crippen molar-refractivity contribution in [1.29, 1.82) is 0 Å². The van der Waals surface area contributed by atoms with Crippen molar-refractivity contribution < 1.29 is 29.4 Å². The number of hydrogen-bond acceptors (Lipinski definition) is 7. The van der Waals surface area contributed by atoms with Gasteiger partial charge in [-0.15, -0.1) is 0 Å². The van der Waals surface area contributed by atoms with E-state index in [-0.39, 0.29) is 31.3 Å². The average molecular weight is 536 g/mol. The van der Waals surface area contributed by atoms with Crippen LogP contribution in [-0.4, -0.2) is 76.7 Å². The lowest BCUT2D eigenvalue weighted by atomic mass is 9.96. The number of rotatable bonds is 16. The maximum atomic E-state index is 13.2. The number of carbonyl (C=O) groups is 4. The van der Waals surface area contributed by atoms with Gasteiger partial charge in [-0.25, -0.2) is 4.79 Å². The number of carboxylic acid groups (broad SMARTS) is 1. The van der Waals surface area contributed by atoms with Crippen molar-refractivity contribution in [2.45, 2.75) is 76.7 Å². The highest BCUT2D eigenvalue weighted by atomic mass is 16.4. The minimum atomic E-state index is -1.25. The molecule has 0 bridgehead atoms. The summed E-state index contributed by atoms with van der Waals surface area (Å²) >= 11 is 0. The second kappa shape index (κ2) is 16.2. The highest BCUT2D eigenvalue weighted by Gasteiger charge is 2.33. The third-order valence-electron chi connectivity index (χ3n) is 6.09. The van der Waals surface area contributed by atoms with Crippen molar-refractivity contribution in [3.8, 4) is 0 Å². The molecule has 0 saturated carbocycles. The Labute approximate surface area is 222 Å². The number of hydrogen-bond donors (Lipinski definition) is 8. The van der Waals surface area contributed by atoms with Crippen molar-refractivity contribution >= 4 is 29.7 Å². The van der Waals surface area contributed by atoms with Gasteiger partial charge in [0.15, 0.2) is 5.96 Å². The molecule has 1 aromatic rings. The SMILES string of the molecule is CCC(C)C(NC(=O)C(N)C(C)O)C(=O)NC(CCCN=C(N)N)C(=O)NC(Cc1ccccc1)C(=O)O. The van der Waals surface area contributed by atoms with Crippen LogP contribution in [0.4, 0.5) is 0 Å². The molecule has 38 heavy (non-hydrogen) atoms. The summed E-state index contributed by atoms with van der Waals surface area (Å²) in [4.78, 5) is 54.6. The third-order valence-corrected chi connectivity index (χ3v) is 6.09. The van der Waals surface area contributed by atoms with Crippen molar-refractivity contribution in [1.82, 2.24) is 16.0 Å². The summed E-state index contributed by atoms with van der Waals surface area (Å²) in [6, 6.07) is 4.12. The molecule has 11 N–H and O–H groups in total. The molecule has 0 radical (unpaired) electrons. The molecule has 1 aromatic carbocycles. The van der Waals surface area contributed by atoms with E-state index < -0.39 is 54.0 Å². The predicted octanol–water partition coefficient (Wildman–Crippen LogP) is -1.42. The molecule has 0 aliphatic carbocycles. The Morgan fingerprint density at radius 1 is 0.947 bits per heavy atom. The van der Waals surface area contributed by atoms with Crippen molar-refractivity contribution in [3.05, 3.63) is 35.9 Å². The molecule has 212 valence electrons. The van der Waals surface area contributed by atoms with Gasteiger partial charge in [-0.05, 0) is 31.2 Å².